The molecule has 0 aliphatic carbocycles. The van der Waals surface area contributed by atoms with Crippen LogP contribution < -0.4 is 10.6 Å². The van der Waals surface area contributed by atoms with Crippen molar-refractivity contribution in [2.75, 3.05) is 6.26 Å². The molecule has 144 valence electrons. The third-order valence-corrected chi connectivity index (χ3v) is 3.85. The Bertz CT molecular complexity index is 778. The van der Waals surface area contributed by atoms with Crippen LogP contribution in [0.15, 0.2) is 24.3 Å². The maximum atomic E-state index is 12.0. The van der Waals surface area contributed by atoms with Crippen LogP contribution in [0, 0.1) is 0 Å². The molecule has 1 atom stereocenters. The standard InChI is InChI=1S/C17H24N2O6S/c1-11(14(20)18-16(22)19-17(2,3)4)25-15(21)13-8-6-12(7-9-13)10-26(5,23)24/h6-9,11H,10H2,1-5H3,(H2,18,19,20,22)/t11-/m0/s1. The van der Waals surface area contributed by atoms with Gasteiger partial charge in [-0.2, -0.15) is 0 Å². The molecule has 1 aromatic carbocycles. The number of esters is 1. The Labute approximate surface area is 153 Å². The van der Waals surface area contributed by atoms with Crippen LogP contribution in [0.2, 0.25) is 0 Å². The van der Waals surface area contributed by atoms with Gasteiger partial charge in [0.15, 0.2) is 15.9 Å². The van der Waals surface area contributed by atoms with E-state index in [9.17, 15) is 22.8 Å². The van der Waals surface area contributed by atoms with Gasteiger partial charge in [-0.05, 0) is 45.4 Å². The topological polar surface area (TPSA) is 119 Å². The fraction of sp³-hybridized carbons (Fsp3) is 0.471. The highest BCUT2D eigenvalue weighted by Gasteiger charge is 2.22. The number of carbonyl (C=O) groups is 3. The summed E-state index contributed by atoms with van der Waals surface area (Å²) in [5.74, 6) is -1.65. The molecule has 0 heterocycles. The second-order valence-corrected chi connectivity index (χ2v) is 9.15. The summed E-state index contributed by atoms with van der Waals surface area (Å²) >= 11 is 0. The second kappa shape index (κ2) is 8.31. The lowest BCUT2D eigenvalue weighted by molar-refractivity contribution is -0.127. The van der Waals surface area contributed by atoms with Crippen LogP contribution >= 0.6 is 0 Å². The maximum Gasteiger partial charge on any atom is 0.338 e. The molecular weight excluding hydrogens is 360 g/mol. The number of amides is 3. The molecule has 3 amide bonds. The van der Waals surface area contributed by atoms with E-state index in [1.165, 1.54) is 31.2 Å². The van der Waals surface area contributed by atoms with Gasteiger partial charge in [0.1, 0.15) is 0 Å². The molecule has 1 aromatic rings. The first-order chi connectivity index (χ1) is 11.8. The lowest BCUT2D eigenvalue weighted by Gasteiger charge is -2.21. The van der Waals surface area contributed by atoms with Gasteiger partial charge in [-0.25, -0.2) is 18.0 Å². The summed E-state index contributed by atoms with van der Waals surface area (Å²) in [5, 5.41) is 4.65. The van der Waals surface area contributed by atoms with E-state index in [0.29, 0.717) is 5.56 Å². The van der Waals surface area contributed by atoms with Crippen molar-refractivity contribution >= 4 is 27.7 Å². The summed E-state index contributed by atoms with van der Waals surface area (Å²) in [5.41, 5.74) is 0.188. The molecule has 0 saturated carbocycles. The summed E-state index contributed by atoms with van der Waals surface area (Å²) in [6.45, 7) is 6.62. The van der Waals surface area contributed by atoms with Gasteiger partial charge in [-0.3, -0.25) is 10.1 Å². The van der Waals surface area contributed by atoms with E-state index in [1.54, 1.807) is 20.8 Å². The van der Waals surface area contributed by atoms with Crippen LogP contribution in [0.25, 0.3) is 0 Å². The number of sulfone groups is 1. The van der Waals surface area contributed by atoms with E-state index in [0.717, 1.165) is 6.26 Å². The molecule has 2 N–H and O–H groups in total. The minimum Gasteiger partial charge on any atom is -0.449 e. The van der Waals surface area contributed by atoms with Crippen LogP contribution in [-0.2, 0) is 25.1 Å². The van der Waals surface area contributed by atoms with Gasteiger partial charge in [0.05, 0.1) is 11.3 Å². The second-order valence-electron chi connectivity index (χ2n) is 7.01. The van der Waals surface area contributed by atoms with Crippen LogP contribution in [-0.4, -0.2) is 44.2 Å². The number of rotatable bonds is 5. The predicted molar refractivity (Wildman–Crippen MR) is 96.3 cm³/mol. The van der Waals surface area contributed by atoms with Crippen molar-refractivity contribution in [1.29, 1.82) is 0 Å². The molecule has 0 saturated heterocycles. The highest BCUT2D eigenvalue weighted by molar-refractivity contribution is 7.89. The highest BCUT2D eigenvalue weighted by Crippen LogP contribution is 2.10. The van der Waals surface area contributed by atoms with Gasteiger partial charge in [-0.15, -0.1) is 0 Å². The van der Waals surface area contributed by atoms with Crippen molar-refractivity contribution in [3.63, 3.8) is 0 Å². The average molecular weight is 384 g/mol. The number of carbonyl (C=O) groups excluding carboxylic acids is 3. The van der Waals surface area contributed by atoms with Crippen molar-refractivity contribution in [3.8, 4) is 0 Å². The molecule has 0 aliphatic rings. The van der Waals surface area contributed by atoms with Gasteiger partial charge in [0, 0.05) is 11.8 Å². The third kappa shape index (κ3) is 8.11. The highest BCUT2D eigenvalue weighted by atomic mass is 32.2. The molecule has 8 nitrogen and oxygen atoms in total. The molecule has 9 heteroatoms. The van der Waals surface area contributed by atoms with Crippen LogP contribution in [0.5, 0.6) is 0 Å². The van der Waals surface area contributed by atoms with Crippen molar-refractivity contribution in [1.82, 2.24) is 10.6 Å². The van der Waals surface area contributed by atoms with Gasteiger partial charge >= 0.3 is 12.0 Å². The molecule has 0 aliphatic heterocycles. The fourth-order valence-corrected chi connectivity index (χ4v) is 2.71. The summed E-state index contributed by atoms with van der Waals surface area (Å²) in [6, 6.07) is 5.15. The van der Waals surface area contributed by atoms with E-state index in [2.05, 4.69) is 10.6 Å². The number of hydrogen-bond donors (Lipinski definition) is 2. The number of hydrogen-bond acceptors (Lipinski definition) is 6. The smallest absolute Gasteiger partial charge is 0.338 e. The first kappa shape index (κ1) is 21.6. The minimum atomic E-state index is -3.17. The van der Waals surface area contributed by atoms with E-state index in [1.807, 2.05) is 0 Å². The zero-order valence-corrected chi connectivity index (χ0v) is 16.3. The maximum absolute atomic E-state index is 12.0. The lowest BCUT2D eigenvalue weighted by Crippen LogP contribution is -2.50. The van der Waals surface area contributed by atoms with Gasteiger partial charge in [0.25, 0.3) is 5.91 Å². The molecule has 0 fully saturated rings. The summed E-state index contributed by atoms with van der Waals surface area (Å²) in [7, 11) is -3.17. The van der Waals surface area contributed by atoms with Gasteiger partial charge < -0.3 is 10.1 Å². The zero-order valence-electron chi connectivity index (χ0n) is 15.5. The Hall–Kier alpha value is -2.42. The molecular formula is C17H24N2O6S. The number of imide groups is 1. The molecule has 0 spiro atoms. The van der Waals surface area contributed by atoms with E-state index in [-0.39, 0.29) is 11.3 Å². The lowest BCUT2D eigenvalue weighted by atomic mass is 10.1. The summed E-state index contributed by atoms with van der Waals surface area (Å²) < 4.78 is 27.5. The quantitative estimate of drug-likeness (QED) is 0.741. The Kier molecular flexibility index (Phi) is 6.91. The van der Waals surface area contributed by atoms with Crippen LogP contribution in [0.4, 0.5) is 4.79 Å². The predicted octanol–water partition coefficient (Wildman–Crippen LogP) is 1.40. The van der Waals surface area contributed by atoms with Gasteiger partial charge in [-0.1, -0.05) is 12.1 Å². The Morgan fingerprint density at radius 3 is 2.12 bits per heavy atom. The Balaban J connectivity index is 2.63. The first-order valence-corrected chi connectivity index (χ1v) is 9.93. The fourth-order valence-electron chi connectivity index (χ4n) is 1.91. The number of nitrogens with one attached hydrogen (secondary N) is 2. The summed E-state index contributed by atoms with van der Waals surface area (Å²) in [4.78, 5) is 35.6. The molecule has 26 heavy (non-hydrogen) atoms. The molecule has 0 aromatic heterocycles. The number of urea groups is 1. The number of benzene rings is 1. The average Bonchev–Trinajstić information content (AvgIpc) is 2.43. The van der Waals surface area contributed by atoms with Crippen LogP contribution in [0.1, 0.15) is 43.6 Å². The van der Waals surface area contributed by atoms with Crippen molar-refractivity contribution in [3.05, 3.63) is 35.4 Å². The monoisotopic (exact) mass is 384 g/mol. The van der Waals surface area contributed by atoms with Crippen molar-refractivity contribution in [2.24, 2.45) is 0 Å². The molecule has 0 radical (unpaired) electrons. The zero-order chi connectivity index (χ0) is 20.1. The van der Waals surface area contributed by atoms with Crippen molar-refractivity contribution in [2.45, 2.75) is 45.1 Å². The first-order valence-electron chi connectivity index (χ1n) is 7.87. The molecule has 1 rings (SSSR count). The molecule has 0 bridgehead atoms. The van der Waals surface area contributed by atoms with Crippen molar-refractivity contribution < 1.29 is 27.5 Å². The Morgan fingerprint density at radius 1 is 1.12 bits per heavy atom. The SMILES string of the molecule is C[C@H](OC(=O)c1ccc(CS(C)(=O)=O)cc1)C(=O)NC(=O)NC(C)(C)C. The summed E-state index contributed by atoms with van der Waals surface area (Å²) in [6.07, 6.45) is -0.0606. The van der Waals surface area contributed by atoms with E-state index in [4.69, 9.17) is 4.74 Å². The van der Waals surface area contributed by atoms with Gasteiger partial charge in [0.2, 0.25) is 0 Å². The minimum absolute atomic E-state index is 0.135. The van der Waals surface area contributed by atoms with E-state index >= 15 is 0 Å². The normalized spacial score (nSPS) is 12.8. The Morgan fingerprint density at radius 2 is 1.65 bits per heavy atom. The van der Waals surface area contributed by atoms with E-state index < -0.39 is 39.4 Å². The third-order valence-electron chi connectivity index (χ3n) is 3.00. The number of ether oxygens (including phenoxy) is 1. The largest absolute Gasteiger partial charge is 0.449 e. The van der Waals surface area contributed by atoms with Crippen LogP contribution in [0.3, 0.4) is 0 Å². The molecule has 0 unspecified atom stereocenters.